The Morgan fingerprint density at radius 2 is 1.60 bits per heavy atom. The summed E-state index contributed by atoms with van der Waals surface area (Å²) in [7, 11) is 1.56. The molecule has 0 aliphatic carbocycles. The summed E-state index contributed by atoms with van der Waals surface area (Å²) < 4.78 is 18.6. The molecule has 0 saturated heterocycles. The zero-order chi connectivity index (χ0) is 30.1. The van der Waals surface area contributed by atoms with E-state index < -0.39 is 22.9 Å². The molecule has 0 saturated carbocycles. The van der Waals surface area contributed by atoms with Gasteiger partial charge in [-0.25, -0.2) is 4.39 Å². The Balaban J connectivity index is 1.48. The van der Waals surface area contributed by atoms with Gasteiger partial charge in [0.25, 0.3) is 11.8 Å². The van der Waals surface area contributed by atoms with E-state index in [1.165, 1.54) is 30.0 Å². The number of rotatable bonds is 10. The SMILES string of the molecule is COc1ccc(/C=C(/NC(=O)c2ccccc2)C(=O)Nc2cccc(SC(C)C(=O)Nc3ccc(F)c(Cl)c3)c2)cc1. The molecule has 0 spiro atoms. The monoisotopic (exact) mass is 603 g/mol. The number of carbonyl (C=O) groups is 3. The number of halogens is 2. The van der Waals surface area contributed by atoms with Gasteiger partial charge in [0.15, 0.2) is 0 Å². The van der Waals surface area contributed by atoms with Crippen LogP contribution in [0.15, 0.2) is 108 Å². The predicted molar refractivity (Wildman–Crippen MR) is 165 cm³/mol. The first-order valence-corrected chi connectivity index (χ1v) is 14.0. The molecule has 214 valence electrons. The average Bonchev–Trinajstić information content (AvgIpc) is 2.99. The fourth-order valence-electron chi connectivity index (χ4n) is 3.73. The summed E-state index contributed by atoms with van der Waals surface area (Å²) in [6, 6.07) is 26.6. The maximum absolute atomic E-state index is 13.4. The maximum Gasteiger partial charge on any atom is 0.272 e. The van der Waals surface area contributed by atoms with Crippen molar-refractivity contribution in [3.8, 4) is 5.75 Å². The number of carbonyl (C=O) groups excluding carboxylic acids is 3. The number of nitrogens with one attached hydrogen (secondary N) is 3. The number of methoxy groups -OCH3 is 1. The van der Waals surface area contributed by atoms with Gasteiger partial charge in [-0.15, -0.1) is 11.8 Å². The summed E-state index contributed by atoms with van der Waals surface area (Å²) in [6.45, 7) is 1.73. The lowest BCUT2D eigenvalue weighted by Crippen LogP contribution is -2.30. The van der Waals surface area contributed by atoms with E-state index in [0.29, 0.717) is 28.3 Å². The summed E-state index contributed by atoms with van der Waals surface area (Å²) in [6.07, 6.45) is 1.57. The van der Waals surface area contributed by atoms with Gasteiger partial charge in [0, 0.05) is 21.8 Å². The number of benzene rings is 4. The molecule has 0 aliphatic heterocycles. The number of hydrogen-bond donors (Lipinski definition) is 3. The van der Waals surface area contributed by atoms with Crippen molar-refractivity contribution in [1.29, 1.82) is 0 Å². The van der Waals surface area contributed by atoms with E-state index in [2.05, 4.69) is 16.0 Å². The minimum absolute atomic E-state index is 0.0396. The maximum atomic E-state index is 13.4. The van der Waals surface area contributed by atoms with Crippen LogP contribution in [0.2, 0.25) is 5.02 Å². The molecule has 7 nitrogen and oxygen atoms in total. The van der Waals surface area contributed by atoms with Crippen LogP contribution < -0.4 is 20.7 Å². The molecule has 0 heterocycles. The van der Waals surface area contributed by atoms with Gasteiger partial charge in [-0.1, -0.05) is 48.0 Å². The molecule has 3 amide bonds. The average molecular weight is 604 g/mol. The molecular weight excluding hydrogens is 577 g/mol. The van der Waals surface area contributed by atoms with E-state index in [0.717, 1.165) is 4.90 Å². The molecule has 4 rings (SSSR count). The van der Waals surface area contributed by atoms with Gasteiger partial charge >= 0.3 is 0 Å². The van der Waals surface area contributed by atoms with Crippen LogP contribution in [0, 0.1) is 5.82 Å². The summed E-state index contributed by atoms with van der Waals surface area (Å²) in [5.74, 6) is -1.18. The lowest BCUT2D eigenvalue weighted by molar-refractivity contribution is -0.115. The van der Waals surface area contributed by atoms with E-state index in [1.54, 1.807) is 92.9 Å². The fourth-order valence-corrected chi connectivity index (χ4v) is 4.84. The minimum Gasteiger partial charge on any atom is -0.497 e. The number of ether oxygens (including phenoxy) is 1. The summed E-state index contributed by atoms with van der Waals surface area (Å²) >= 11 is 7.08. The zero-order valence-electron chi connectivity index (χ0n) is 22.7. The third kappa shape index (κ3) is 8.45. The van der Waals surface area contributed by atoms with Gasteiger partial charge < -0.3 is 20.7 Å². The van der Waals surface area contributed by atoms with Crippen LogP contribution >= 0.6 is 23.4 Å². The summed E-state index contributed by atoms with van der Waals surface area (Å²) in [5, 5.41) is 7.65. The molecule has 4 aromatic rings. The highest BCUT2D eigenvalue weighted by molar-refractivity contribution is 8.00. The zero-order valence-corrected chi connectivity index (χ0v) is 24.3. The molecule has 0 aliphatic rings. The molecule has 0 bridgehead atoms. The molecule has 3 N–H and O–H groups in total. The van der Waals surface area contributed by atoms with Gasteiger partial charge in [0.2, 0.25) is 5.91 Å². The normalized spacial score (nSPS) is 11.8. The second-order valence-electron chi connectivity index (χ2n) is 9.01. The van der Waals surface area contributed by atoms with Gasteiger partial charge in [-0.05, 0) is 79.2 Å². The van der Waals surface area contributed by atoms with E-state index in [4.69, 9.17) is 16.3 Å². The van der Waals surface area contributed by atoms with Crippen LogP contribution in [0.3, 0.4) is 0 Å². The lowest BCUT2D eigenvalue weighted by atomic mass is 10.1. The van der Waals surface area contributed by atoms with Gasteiger partial charge in [0.1, 0.15) is 17.3 Å². The Labute approximate surface area is 252 Å². The molecule has 1 unspecified atom stereocenters. The molecule has 1 atom stereocenters. The van der Waals surface area contributed by atoms with Crippen molar-refractivity contribution >= 4 is 58.5 Å². The van der Waals surface area contributed by atoms with Crippen LogP contribution in [0.5, 0.6) is 5.75 Å². The molecule has 4 aromatic carbocycles. The first-order chi connectivity index (χ1) is 20.2. The Morgan fingerprint density at radius 3 is 2.29 bits per heavy atom. The highest BCUT2D eigenvalue weighted by atomic mass is 35.5. The van der Waals surface area contributed by atoms with Crippen LogP contribution in [-0.4, -0.2) is 30.1 Å². The smallest absolute Gasteiger partial charge is 0.272 e. The fraction of sp³-hybridized carbons (Fsp3) is 0.0938. The third-order valence-electron chi connectivity index (χ3n) is 5.92. The van der Waals surface area contributed by atoms with Crippen molar-refractivity contribution in [1.82, 2.24) is 5.32 Å². The molecule has 10 heteroatoms. The topological polar surface area (TPSA) is 96.5 Å². The van der Waals surface area contributed by atoms with E-state index in [-0.39, 0.29) is 16.6 Å². The molecule has 0 fully saturated rings. The first kappa shape index (κ1) is 30.4. The van der Waals surface area contributed by atoms with Gasteiger partial charge in [-0.2, -0.15) is 0 Å². The van der Waals surface area contributed by atoms with E-state index in [9.17, 15) is 18.8 Å². The second-order valence-corrected chi connectivity index (χ2v) is 10.8. The van der Waals surface area contributed by atoms with Crippen LogP contribution in [0.4, 0.5) is 15.8 Å². The number of thioether (sulfide) groups is 1. The van der Waals surface area contributed by atoms with Crippen molar-refractivity contribution in [2.45, 2.75) is 17.1 Å². The van der Waals surface area contributed by atoms with Crippen molar-refractivity contribution < 1.29 is 23.5 Å². The predicted octanol–water partition coefficient (Wildman–Crippen LogP) is 7.02. The Kier molecular flexibility index (Phi) is 10.4. The van der Waals surface area contributed by atoms with Crippen LogP contribution in [0.1, 0.15) is 22.8 Å². The first-order valence-electron chi connectivity index (χ1n) is 12.8. The minimum atomic E-state index is -0.572. The molecular formula is C32H27ClFN3O4S. The number of amides is 3. The highest BCUT2D eigenvalue weighted by Crippen LogP contribution is 2.27. The van der Waals surface area contributed by atoms with Crippen molar-refractivity contribution in [3.05, 3.63) is 125 Å². The van der Waals surface area contributed by atoms with Gasteiger partial charge in [-0.3, -0.25) is 14.4 Å². The second kappa shape index (κ2) is 14.3. The van der Waals surface area contributed by atoms with E-state index in [1.807, 2.05) is 6.07 Å². The molecule has 0 aromatic heterocycles. The quantitative estimate of drug-likeness (QED) is 0.134. The standard InChI is InChI=1S/C32H27ClFN3O4S/c1-20(30(38)35-24-13-16-28(34)27(33)19-24)42-26-10-6-9-23(18-26)36-32(40)29(17-21-11-14-25(41-2)15-12-21)37-31(39)22-7-4-3-5-8-22/h3-20H,1-2H3,(H,35,38)(H,36,40)(H,37,39)/b29-17+. The van der Waals surface area contributed by atoms with Crippen LogP contribution in [-0.2, 0) is 9.59 Å². The Bertz CT molecular complexity index is 1610. The number of hydrogen-bond acceptors (Lipinski definition) is 5. The van der Waals surface area contributed by atoms with Crippen molar-refractivity contribution in [2.75, 3.05) is 17.7 Å². The summed E-state index contributed by atoms with van der Waals surface area (Å²) in [4.78, 5) is 39.7. The Hall–Kier alpha value is -4.60. The van der Waals surface area contributed by atoms with E-state index >= 15 is 0 Å². The lowest BCUT2D eigenvalue weighted by Gasteiger charge is -2.14. The third-order valence-corrected chi connectivity index (χ3v) is 7.30. The summed E-state index contributed by atoms with van der Waals surface area (Å²) in [5.41, 5.74) is 1.98. The van der Waals surface area contributed by atoms with Crippen LogP contribution in [0.25, 0.3) is 6.08 Å². The Morgan fingerprint density at radius 1 is 0.881 bits per heavy atom. The van der Waals surface area contributed by atoms with Crippen molar-refractivity contribution in [3.63, 3.8) is 0 Å². The van der Waals surface area contributed by atoms with Gasteiger partial charge in [0.05, 0.1) is 17.4 Å². The number of anilines is 2. The molecule has 0 radical (unpaired) electrons. The van der Waals surface area contributed by atoms with Crippen molar-refractivity contribution in [2.24, 2.45) is 0 Å². The largest absolute Gasteiger partial charge is 0.497 e. The molecule has 42 heavy (non-hydrogen) atoms. The highest BCUT2D eigenvalue weighted by Gasteiger charge is 2.18.